The zero-order chi connectivity index (χ0) is 15.9. The Labute approximate surface area is 155 Å². The van der Waals surface area contributed by atoms with Gasteiger partial charge in [0.2, 0.25) is 5.91 Å². The summed E-state index contributed by atoms with van der Waals surface area (Å²) in [5, 5.41) is 3.35. The van der Waals surface area contributed by atoms with E-state index in [0.717, 1.165) is 43.3 Å². The van der Waals surface area contributed by atoms with Gasteiger partial charge in [0.25, 0.3) is 0 Å². The first kappa shape index (κ1) is 19.7. The van der Waals surface area contributed by atoms with Gasteiger partial charge in [0.15, 0.2) is 5.96 Å². The Bertz CT molecular complexity index is 549. The third-order valence-corrected chi connectivity index (χ3v) is 3.89. The van der Waals surface area contributed by atoms with E-state index in [4.69, 9.17) is 5.73 Å². The van der Waals surface area contributed by atoms with Crippen LogP contribution in [0.25, 0.3) is 0 Å². The number of hydrogen-bond donors (Lipinski definition) is 2. The molecule has 3 N–H and O–H groups in total. The number of amides is 1. The Hall–Kier alpha value is -1.38. The van der Waals surface area contributed by atoms with Crippen LogP contribution in [-0.2, 0) is 11.3 Å². The van der Waals surface area contributed by atoms with Gasteiger partial charge in [0.1, 0.15) is 0 Å². The molecule has 0 aromatic carbocycles. The molecular formula is C16H26IN5O. The standard InChI is InChI=1S/C16H25N5O.HI/c1-12-5-3-7-14(20-12)10-19-16(18-2)21-8-4-6-13(11-21)9-15(17)22;/h3,5,7,13H,4,6,8-11H2,1-2H3,(H2,17,22)(H,18,19);1H. The monoisotopic (exact) mass is 431 g/mol. The summed E-state index contributed by atoms with van der Waals surface area (Å²) in [5.41, 5.74) is 7.32. The fraction of sp³-hybridized carbons (Fsp3) is 0.562. The maximum absolute atomic E-state index is 11.1. The number of nitrogens with zero attached hydrogens (tertiary/aromatic N) is 3. The van der Waals surface area contributed by atoms with E-state index in [1.54, 1.807) is 7.05 Å². The molecule has 1 aliphatic rings. The lowest BCUT2D eigenvalue weighted by atomic mass is 9.95. The molecule has 1 unspecified atom stereocenters. The lowest BCUT2D eigenvalue weighted by Crippen LogP contribution is -2.47. The Morgan fingerprint density at radius 1 is 1.52 bits per heavy atom. The van der Waals surface area contributed by atoms with Crippen molar-refractivity contribution in [3.63, 3.8) is 0 Å². The molecule has 0 bridgehead atoms. The molecule has 23 heavy (non-hydrogen) atoms. The predicted molar refractivity (Wildman–Crippen MR) is 103 cm³/mol. The topological polar surface area (TPSA) is 83.6 Å². The van der Waals surface area contributed by atoms with E-state index >= 15 is 0 Å². The average molecular weight is 431 g/mol. The lowest BCUT2D eigenvalue weighted by molar-refractivity contribution is -0.119. The normalized spacial score (nSPS) is 18.3. The van der Waals surface area contributed by atoms with Crippen LogP contribution >= 0.6 is 24.0 Å². The zero-order valence-electron chi connectivity index (χ0n) is 13.8. The van der Waals surface area contributed by atoms with Gasteiger partial charge in [-0.3, -0.25) is 14.8 Å². The third-order valence-electron chi connectivity index (χ3n) is 3.89. The second kappa shape index (κ2) is 9.69. The highest BCUT2D eigenvalue weighted by Gasteiger charge is 2.23. The van der Waals surface area contributed by atoms with Crippen LogP contribution in [0.5, 0.6) is 0 Å². The molecular weight excluding hydrogens is 405 g/mol. The van der Waals surface area contributed by atoms with Crippen molar-refractivity contribution >= 4 is 35.8 Å². The van der Waals surface area contributed by atoms with Crippen LogP contribution in [0.2, 0.25) is 0 Å². The number of carbonyl (C=O) groups excluding carboxylic acids is 1. The molecule has 1 atom stereocenters. The summed E-state index contributed by atoms with van der Waals surface area (Å²) >= 11 is 0. The maximum Gasteiger partial charge on any atom is 0.217 e. The van der Waals surface area contributed by atoms with Crippen LogP contribution in [0.15, 0.2) is 23.2 Å². The maximum atomic E-state index is 11.1. The molecule has 1 fully saturated rings. The largest absolute Gasteiger partial charge is 0.370 e. The number of rotatable bonds is 4. The second-order valence-electron chi connectivity index (χ2n) is 5.80. The minimum Gasteiger partial charge on any atom is -0.370 e. The number of halogens is 1. The summed E-state index contributed by atoms with van der Waals surface area (Å²) in [7, 11) is 1.78. The number of nitrogens with two attached hydrogens (primary N) is 1. The Morgan fingerprint density at radius 2 is 2.30 bits per heavy atom. The van der Waals surface area contributed by atoms with Crippen molar-refractivity contribution in [3.05, 3.63) is 29.6 Å². The van der Waals surface area contributed by atoms with Crippen LogP contribution in [0, 0.1) is 12.8 Å². The Kier molecular flexibility index (Phi) is 8.29. The van der Waals surface area contributed by atoms with E-state index in [1.807, 2.05) is 25.1 Å². The van der Waals surface area contributed by atoms with Crippen molar-refractivity contribution < 1.29 is 4.79 Å². The number of piperidine rings is 1. The van der Waals surface area contributed by atoms with Gasteiger partial charge in [-0.1, -0.05) is 6.07 Å². The van der Waals surface area contributed by atoms with Crippen LogP contribution in [-0.4, -0.2) is 41.9 Å². The van der Waals surface area contributed by atoms with Crippen LogP contribution in [0.4, 0.5) is 0 Å². The summed E-state index contributed by atoms with van der Waals surface area (Å²) in [4.78, 5) is 22.1. The minimum absolute atomic E-state index is 0. The quantitative estimate of drug-likeness (QED) is 0.432. The molecule has 6 nitrogen and oxygen atoms in total. The number of carbonyl (C=O) groups is 1. The van der Waals surface area contributed by atoms with E-state index in [-0.39, 0.29) is 29.9 Å². The first-order valence-corrected chi connectivity index (χ1v) is 7.75. The summed E-state index contributed by atoms with van der Waals surface area (Å²) in [6.45, 7) is 4.41. The van der Waals surface area contributed by atoms with Gasteiger partial charge < -0.3 is 16.0 Å². The number of pyridine rings is 1. The molecule has 1 aromatic heterocycles. The van der Waals surface area contributed by atoms with Gasteiger partial charge in [-0.25, -0.2) is 0 Å². The van der Waals surface area contributed by atoms with Crippen molar-refractivity contribution in [2.24, 2.45) is 16.6 Å². The van der Waals surface area contributed by atoms with Gasteiger partial charge in [0.05, 0.1) is 12.2 Å². The highest BCUT2D eigenvalue weighted by molar-refractivity contribution is 14.0. The Morgan fingerprint density at radius 3 is 2.96 bits per heavy atom. The van der Waals surface area contributed by atoms with E-state index < -0.39 is 0 Å². The van der Waals surface area contributed by atoms with Crippen molar-refractivity contribution in [2.45, 2.75) is 32.7 Å². The molecule has 128 valence electrons. The number of guanidine groups is 1. The number of primary amides is 1. The number of aromatic nitrogens is 1. The van der Waals surface area contributed by atoms with Gasteiger partial charge in [-0.05, 0) is 37.8 Å². The van der Waals surface area contributed by atoms with Crippen LogP contribution in [0.3, 0.4) is 0 Å². The molecule has 1 aromatic rings. The molecule has 1 saturated heterocycles. The predicted octanol–water partition coefficient (Wildman–Crippen LogP) is 1.67. The van der Waals surface area contributed by atoms with Crippen LogP contribution in [0.1, 0.15) is 30.7 Å². The van der Waals surface area contributed by atoms with Crippen molar-refractivity contribution in [1.82, 2.24) is 15.2 Å². The number of aryl methyl sites for hydroxylation is 1. The first-order chi connectivity index (χ1) is 10.6. The van der Waals surface area contributed by atoms with Gasteiger partial charge in [-0.15, -0.1) is 24.0 Å². The van der Waals surface area contributed by atoms with E-state index in [2.05, 4.69) is 20.2 Å². The molecule has 0 saturated carbocycles. The van der Waals surface area contributed by atoms with Gasteiger partial charge in [-0.2, -0.15) is 0 Å². The Balaban J connectivity index is 0.00000264. The second-order valence-corrected chi connectivity index (χ2v) is 5.80. The number of hydrogen-bond acceptors (Lipinski definition) is 3. The molecule has 7 heteroatoms. The smallest absolute Gasteiger partial charge is 0.217 e. The lowest BCUT2D eigenvalue weighted by Gasteiger charge is -2.34. The molecule has 1 aliphatic heterocycles. The van der Waals surface area contributed by atoms with E-state index in [9.17, 15) is 4.79 Å². The summed E-state index contributed by atoms with van der Waals surface area (Å²) < 4.78 is 0. The molecule has 2 heterocycles. The summed E-state index contributed by atoms with van der Waals surface area (Å²) in [5.74, 6) is 0.957. The van der Waals surface area contributed by atoms with Crippen molar-refractivity contribution in [3.8, 4) is 0 Å². The molecule has 1 amide bonds. The summed E-state index contributed by atoms with van der Waals surface area (Å²) in [6.07, 6.45) is 2.56. The molecule has 0 aliphatic carbocycles. The third kappa shape index (κ3) is 6.32. The number of likely N-dealkylation sites (tertiary alicyclic amines) is 1. The SMILES string of the molecule is CN=C(NCc1cccc(C)n1)N1CCCC(CC(N)=O)C1.I. The molecule has 2 rings (SSSR count). The minimum atomic E-state index is -0.223. The van der Waals surface area contributed by atoms with Gasteiger partial charge >= 0.3 is 0 Å². The molecule has 0 spiro atoms. The van der Waals surface area contributed by atoms with Crippen molar-refractivity contribution in [2.75, 3.05) is 20.1 Å². The molecule has 0 radical (unpaired) electrons. The zero-order valence-corrected chi connectivity index (χ0v) is 16.1. The highest BCUT2D eigenvalue weighted by atomic mass is 127. The number of nitrogens with one attached hydrogen (secondary N) is 1. The average Bonchev–Trinajstić information content (AvgIpc) is 2.48. The highest BCUT2D eigenvalue weighted by Crippen LogP contribution is 2.19. The van der Waals surface area contributed by atoms with E-state index in [0.29, 0.717) is 18.9 Å². The van der Waals surface area contributed by atoms with Crippen LogP contribution < -0.4 is 11.1 Å². The fourth-order valence-electron chi connectivity index (χ4n) is 2.91. The first-order valence-electron chi connectivity index (χ1n) is 7.75. The fourth-order valence-corrected chi connectivity index (χ4v) is 2.91. The van der Waals surface area contributed by atoms with Gasteiger partial charge in [0, 0.05) is 32.3 Å². The van der Waals surface area contributed by atoms with Crippen molar-refractivity contribution in [1.29, 1.82) is 0 Å². The van der Waals surface area contributed by atoms with E-state index in [1.165, 1.54) is 0 Å². The number of aliphatic imine (C=N–C) groups is 1. The summed E-state index contributed by atoms with van der Waals surface area (Å²) in [6, 6.07) is 5.99.